The van der Waals surface area contributed by atoms with E-state index in [4.69, 9.17) is 0 Å². The Bertz CT molecular complexity index is 584. The fourth-order valence-electron chi connectivity index (χ4n) is 1.35. The zero-order valence-electron chi connectivity index (χ0n) is 9.27. The summed E-state index contributed by atoms with van der Waals surface area (Å²) in [6.45, 7) is 0. The summed E-state index contributed by atoms with van der Waals surface area (Å²) in [5.41, 5.74) is 1.53. The first-order valence-corrected chi connectivity index (χ1v) is 6.28. The Kier molecular flexibility index (Phi) is 3.79. The first-order chi connectivity index (χ1) is 8.29. The van der Waals surface area contributed by atoms with Crippen LogP contribution in [-0.2, 0) is 0 Å². The quantitative estimate of drug-likeness (QED) is 0.563. The fraction of sp³-hybridized carbons (Fsp3) is 0.0714. The molecule has 0 atom stereocenters. The van der Waals surface area contributed by atoms with E-state index in [9.17, 15) is 4.39 Å². The monoisotopic (exact) mass is 243 g/mol. The molecule has 0 spiro atoms. The van der Waals surface area contributed by atoms with E-state index in [0.29, 0.717) is 5.56 Å². The Morgan fingerprint density at radius 2 is 2.06 bits per heavy atom. The summed E-state index contributed by atoms with van der Waals surface area (Å²) >= 11 is 1.55. The molecule has 1 aromatic carbocycles. The van der Waals surface area contributed by atoms with Crippen molar-refractivity contribution in [1.29, 1.82) is 0 Å². The molecule has 0 N–H and O–H groups in total. The minimum Gasteiger partial charge on any atom is -0.249 e. The Hall–Kier alpha value is -1.79. The van der Waals surface area contributed by atoms with Crippen LogP contribution in [0.15, 0.2) is 47.6 Å². The van der Waals surface area contributed by atoms with Gasteiger partial charge in [0.1, 0.15) is 10.8 Å². The number of aromatic nitrogens is 1. The zero-order chi connectivity index (χ0) is 12.1. The van der Waals surface area contributed by atoms with Crippen molar-refractivity contribution in [1.82, 2.24) is 4.98 Å². The minimum atomic E-state index is -0.270. The number of thioether (sulfide) groups is 1. The van der Waals surface area contributed by atoms with Crippen LogP contribution in [0.3, 0.4) is 0 Å². The molecule has 1 nitrogen and oxygen atoms in total. The molecular weight excluding hydrogens is 233 g/mol. The van der Waals surface area contributed by atoms with E-state index >= 15 is 0 Å². The zero-order valence-corrected chi connectivity index (χ0v) is 10.1. The summed E-state index contributed by atoms with van der Waals surface area (Å²) in [5, 5.41) is 0.886. The number of hydrogen-bond acceptors (Lipinski definition) is 2. The van der Waals surface area contributed by atoms with E-state index in [2.05, 4.69) is 16.8 Å². The molecule has 1 heterocycles. The maximum Gasteiger partial charge on any atom is 0.124 e. The van der Waals surface area contributed by atoms with Gasteiger partial charge in [-0.2, -0.15) is 0 Å². The Morgan fingerprint density at radius 1 is 1.18 bits per heavy atom. The Balaban J connectivity index is 2.33. The molecular formula is C14H10FNS. The molecule has 3 heteroatoms. The second-order valence-electron chi connectivity index (χ2n) is 3.32. The summed E-state index contributed by atoms with van der Waals surface area (Å²) in [4.78, 5) is 4.21. The summed E-state index contributed by atoms with van der Waals surface area (Å²) in [7, 11) is 0. The molecule has 0 unspecified atom stereocenters. The topological polar surface area (TPSA) is 12.9 Å². The van der Waals surface area contributed by atoms with Crippen molar-refractivity contribution in [2.24, 2.45) is 0 Å². The van der Waals surface area contributed by atoms with Gasteiger partial charge >= 0.3 is 0 Å². The van der Waals surface area contributed by atoms with Crippen molar-refractivity contribution in [2.75, 3.05) is 6.26 Å². The van der Waals surface area contributed by atoms with Crippen LogP contribution in [-0.4, -0.2) is 11.2 Å². The molecule has 0 aliphatic carbocycles. The first kappa shape index (κ1) is 11.7. The minimum absolute atomic E-state index is 0.270. The molecule has 17 heavy (non-hydrogen) atoms. The predicted molar refractivity (Wildman–Crippen MR) is 68.4 cm³/mol. The highest BCUT2D eigenvalue weighted by Gasteiger charge is 1.97. The predicted octanol–water partition coefficient (Wildman–Crippen LogP) is 3.34. The van der Waals surface area contributed by atoms with Gasteiger partial charge in [0.2, 0.25) is 0 Å². The molecule has 0 amide bonds. The molecule has 0 bridgehead atoms. The molecule has 0 aliphatic rings. The van der Waals surface area contributed by atoms with Crippen molar-refractivity contribution < 1.29 is 4.39 Å². The molecule has 2 rings (SSSR count). The number of benzene rings is 1. The van der Waals surface area contributed by atoms with Crippen LogP contribution in [0.1, 0.15) is 11.1 Å². The Labute approximate surface area is 104 Å². The van der Waals surface area contributed by atoms with Gasteiger partial charge < -0.3 is 0 Å². The van der Waals surface area contributed by atoms with Crippen LogP contribution < -0.4 is 0 Å². The average Bonchev–Trinajstić information content (AvgIpc) is 2.37. The lowest BCUT2D eigenvalue weighted by molar-refractivity contribution is 0.627. The van der Waals surface area contributed by atoms with Gasteiger partial charge in [0.05, 0.1) is 5.56 Å². The largest absolute Gasteiger partial charge is 0.249 e. The second-order valence-corrected chi connectivity index (χ2v) is 4.12. The van der Waals surface area contributed by atoms with Crippen molar-refractivity contribution >= 4 is 11.8 Å². The van der Waals surface area contributed by atoms with Gasteiger partial charge in [0.15, 0.2) is 0 Å². The van der Waals surface area contributed by atoms with E-state index in [1.54, 1.807) is 30.1 Å². The standard InChI is InChI=1S/C14H10FNS/c1-17-14-12(5-3-9-16-14)8-7-11-4-2-6-13(15)10-11/h2-6,9-10H,1H3. The molecule has 0 saturated heterocycles. The van der Waals surface area contributed by atoms with Crippen molar-refractivity contribution in [2.45, 2.75) is 5.03 Å². The van der Waals surface area contributed by atoms with Gasteiger partial charge in [-0.15, -0.1) is 11.8 Å². The lowest BCUT2D eigenvalue weighted by Gasteiger charge is -1.97. The second kappa shape index (κ2) is 5.51. The van der Waals surface area contributed by atoms with Crippen molar-refractivity contribution in [3.05, 3.63) is 59.5 Å². The smallest absolute Gasteiger partial charge is 0.124 e. The van der Waals surface area contributed by atoms with Gasteiger partial charge in [0, 0.05) is 11.8 Å². The van der Waals surface area contributed by atoms with E-state index < -0.39 is 0 Å². The number of rotatable bonds is 1. The highest BCUT2D eigenvalue weighted by molar-refractivity contribution is 7.98. The number of halogens is 1. The Morgan fingerprint density at radius 3 is 2.82 bits per heavy atom. The maximum absolute atomic E-state index is 13.0. The lowest BCUT2D eigenvalue weighted by Crippen LogP contribution is -1.84. The number of pyridine rings is 1. The van der Waals surface area contributed by atoms with E-state index in [0.717, 1.165) is 10.6 Å². The highest BCUT2D eigenvalue weighted by atomic mass is 32.2. The van der Waals surface area contributed by atoms with Gasteiger partial charge in [0.25, 0.3) is 0 Å². The van der Waals surface area contributed by atoms with Gasteiger partial charge in [-0.25, -0.2) is 9.37 Å². The molecule has 0 fully saturated rings. The van der Waals surface area contributed by atoms with Crippen LogP contribution >= 0.6 is 11.8 Å². The fourth-order valence-corrected chi connectivity index (χ4v) is 1.86. The SMILES string of the molecule is CSc1ncccc1C#Cc1cccc(F)c1. The lowest BCUT2D eigenvalue weighted by atomic mass is 10.2. The summed E-state index contributed by atoms with van der Waals surface area (Å²) < 4.78 is 13.0. The van der Waals surface area contributed by atoms with Crippen molar-refractivity contribution in [3.63, 3.8) is 0 Å². The number of hydrogen-bond donors (Lipinski definition) is 0. The molecule has 84 valence electrons. The third-order valence-corrected chi connectivity index (χ3v) is 2.84. The maximum atomic E-state index is 13.0. The average molecular weight is 243 g/mol. The molecule has 2 aromatic rings. The van der Waals surface area contributed by atoms with E-state index in [-0.39, 0.29) is 5.82 Å². The van der Waals surface area contributed by atoms with Crippen molar-refractivity contribution in [3.8, 4) is 11.8 Å². The summed E-state index contributed by atoms with van der Waals surface area (Å²) in [5.74, 6) is 5.67. The van der Waals surface area contributed by atoms with Gasteiger partial charge in [-0.05, 0) is 36.6 Å². The molecule has 0 radical (unpaired) electrons. The number of nitrogens with zero attached hydrogens (tertiary/aromatic N) is 1. The normalized spacial score (nSPS) is 9.53. The highest BCUT2D eigenvalue weighted by Crippen LogP contribution is 2.15. The van der Waals surface area contributed by atoms with Crippen LogP contribution in [0.2, 0.25) is 0 Å². The molecule has 1 aromatic heterocycles. The van der Waals surface area contributed by atoms with E-state index in [1.807, 2.05) is 18.4 Å². The van der Waals surface area contributed by atoms with Crippen LogP contribution in [0.25, 0.3) is 0 Å². The third kappa shape index (κ3) is 3.08. The summed E-state index contributed by atoms with van der Waals surface area (Å²) in [6.07, 6.45) is 3.69. The molecule has 0 saturated carbocycles. The summed E-state index contributed by atoms with van der Waals surface area (Å²) in [6, 6.07) is 10.0. The van der Waals surface area contributed by atoms with Crippen LogP contribution in [0, 0.1) is 17.7 Å². The van der Waals surface area contributed by atoms with Gasteiger partial charge in [-0.3, -0.25) is 0 Å². The van der Waals surface area contributed by atoms with Crippen LogP contribution in [0.4, 0.5) is 4.39 Å². The first-order valence-electron chi connectivity index (χ1n) is 5.06. The third-order valence-electron chi connectivity index (χ3n) is 2.13. The van der Waals surface area contributed by atoms with Crippen LogP contribution in [0.5, 0.6) is 0 Å². The molecule has 0 aliphatic heterocycles. The van der Waals surface area contributed by atoms with E-state index in [1.165, 1.54) is 12.1 Å². The van der Waals surface area contributed by atoms with Gasteiger partial charge in [-0.1, -0.05) is 17.9 Å².